The summed E-state index contributed by atoms with van der Waals surface area (Å²) in [4.78, 5) is 16.9. The van der Waals surface area contributed by atoms with Crippen LogP contribution in [0.4, 0.5) is 0 Å². The predicted octanol–water partition coefficient (Wildman–Crippen LogP) is 3.03. The normalized spacial score (nSPS) is 11.0. The summed E-state index contributed by atoms with van der Waals surface area (Å²) in [5.74, 6) is 0.450. The molecule has 6 nitrogen and oxygen atoms in total. The number of ether oxygens (including phenoxy) is 2. The van der Waals surface area contributed by atoms with Gasteiger partial charge in [0.25, 0.3) is 0 Å². The minimum atomic E-state index is -0.661. The Morgan fingerprint density at radius 1 is 1.08 bits per heavy atom. The molecule has 0 aliphatic carbocycles. The molecule has 2 aromatic carbocycles. The lowest BCUT2D eigenvalue weighted by atomic mass is 10.1. The van der Waals surface area contributed by atoms with Crippen molar-refractivity contribution in [1.29, 1.82) is 0 Å². The highest BCUT2D eigenvalue weighted by Gasteiger charge is 2.12. The summed E-state index contributed by atoms with van der Waals surface area (Å²) in [7, 11) is 2.98. The molecule has 2 N–H and O–H groups in total. The van der Waals surface area contributed by atoms with Crippen LogP contribution in [0.3, 0.4) is 0 Å². The Morgan fingerprint density at radius 2 is 1.67 bits per heavy atom. The molecule has 2 rings (SSSR count). The fraction of sp³-hybridized carbons (Fsp3) is 0.176. The molecule has 0 unspecified atom stereocenters. The summed E-state index contributed by atoms with van der Waals surface area (Å²) in [6, 6.07) is 11.8. The Balaban J connectivity index is 2.04. The number of benzene rings is 2. The largest absolute Gasteiger partial charge is 0.497 e. The number of rotatable bonds is 6. The van der Waals surface area contributed by atoms with Gasteiger partial charge in [0, 0.05) is 17.5 Å². The van der Waals surface area contributed by atoms with E-state index in [0.29, 0.717) is 22.9 Å². The van der Waals surface area contributed by atoms with Gasteiger partial charge in [-0.2, -0.15) is 0 Å². The minimum Gasteiger partial charge on any atom is -0.497 e. The van der Waals surface area contributed by atoms with Crippen LogP contribution in [0, 0.1) is 0 Å². The first-order valence-electron chi connectivity index (χ1n) is 7.03. The molecule has 0 aliphatic heterocycles. The predicted molar refractivity (Wildman–Crippen MR) is 91.7 cm³/mol. The fourth-order valence-corrected chi connectivity index (χ4v) is 2.05. The Kier molecular flexibility index (Phi) is 6.03. The molecule has 0 spiro atoms. The molecule has 0 atom stereocenters. The van der Waals surface area contributed by atoms with Gasteiger partial charge in [-0.1, -0.05) is 28.9 Å². The molecule has 0 fully saturated rings. The monoisotopic (exact) mass is 348 g/mol. The highest BCUT2D eigenvalue weighted by Crippen LogP contribution is 2.23. The van der Waals surface area contributed by atoms with Gasteiger partial charge in [0.1, 0.15) is 17.3 Å². The van der Waals surface area contributed by atoms with Gasteiger partial charge in [-0.25, -0.2) is 4.79 Å². The first-order valence-corrected chi connectivity index (χ1v) is 7.41. The molecule has 0 radical (unpaired) electrons. The molecular formula is C17H17ClN2O4. The molecule has 0 saturated heterocycles. The SMILES string of the molecule is COc1cc(OC)cc(C(=O)O/N=C(/N)Cc2ccc(Cl)cc2)c1. The van der Waals surface area contributed by atoms with Gasteiger partial charge in [0.05, 0.1) is 19.8 Å². The number of methoxy groups -OCH3 is 2. The number of hydrogen-bond donors (Lipinski definition) is 1. The van der Waals surface area contributed by atoms with Gasteiger partial charge >= 0.3 is 5.97 Å². The van der Waals surface area contributed by atoms with Crippen LogP contribution in [0.5, 0.6) is 11.5 Å². The van der Waals surface area contributed by atoms with E-state index in [0.717, 1.165) is 5.56 Å². The lowest BCUT2D eigenvalue weighted by Crippen LogP contribution is -2.16. The van der Waals surface area contributed by atoms with E-state index in [1.807, 2.05) is 12.1 Å². The number of hydrogen-bond acceptors (Lipinski definition) is 5. The minimum absolute atomic E-state index is 0.167. The van der Waals surface area contributed by atoms with E-state index in [2.05, 4.69) is 5.16 Å². The topological polar surface area (TPSA) is 83.1 Å². The third-order valence-electron chi connectivity index (χ3n) is 3.13. The molecular weight excluding hydrogens is 332 g/mol. The molecule has 0 bridgehead atoms. The Bertz CT molecular complexity index is 723. The zero-order valence-corrected chi connectivity index (χ0v) is 14.0. The number of oxime groups is 1. The number of carbonyl (C=O) groups excluding carboxylic acids is 1. The van der Waals surface area contributed by atoms with Gasteiger partial charge in [0.2, 0.25) is 0 Å². The Hall–Kier alpha value is -2.73. The number of halogens is 1. The van der Waals surface area contributed by atoms with E-state index >= 15 is 0 Å². The van der Waals surface area contributed by atoms with E-state index in [1.165, 1.54) is 26.4 Å². The Labute approximate surface area is 144 Å². The summed E-state index contributed by atoms with van der Waals surface area (Å²) >= 11 is 5.82. The van der Waals surface area contributed by atoms with Gasteiger partial charge < -0.3 is 20.0 Å². The fourth-order valence-electron chi connectivity index (χ4n) is 1.92. The smallest absolute Gasteiger partial charge is 0.366 e. The van der Waals surface area contributed by atoms with Crippen molar-refractivity contribution < 1.29 is 19.1 Å². The van der Waals surface area contributed by atoms with Crippen LogP contribution in [0.2, 0.25) is 5.02 Å². The van der Waals surface area contributed by atoms with Crippen molar-refractivity contribution in [2.45, 2.75) is 6.42 Å². The number of nitrogens with two attached hydrogens (primary N) is 1. The molecule has 126 valence electrons. The summed E-state index contributed by atoms with van der Waals surface area (Å²) in [5, 5.41) is 4.29. The molecule has 2 aromatic rings. The summed E-state index contributed by atoms with van der Waals surface area (Å²) < 4.78 is 10.2. The maximum atomic E-state index is 12.1. The van der Waals surface area contributed by atoms with Crippen LogP contribution < -0.4 is 15.2 Å². The van der Waals surface area contributed by atoms with Crippen molar-refractivity contribution in [2.75, 3.05) is 14.2 Å². The second-order valence-electron chi connectivity index (χ2n) is 4.87. The van der Waals surface area contributed by atoms with Gasteiger partial charge in [-0.15, -0.1) is 0 Å². The standard InChI is InChI=1S/C17H17ClN2O4/c1-22-14-8-12(9-15(10-14)23-2)17(21)24-20-16(19)7-11-3-5-13(18)6-4-11/h3-6,8-10H,7H2,1-2H3,(H2,19,20). The van der Waals surface area contributed by atoms with Crippen molar-refractivity contribution in [3.63, 3.8) is 0 Å². The highest BCUT2D eigenvalue weighted by molar-refractivity contribution is 6.30. The molecule has 0 aromatic heterocycles. The van der Waals surface area contributed by atoms with E-state index in [-0.39, 0.29) is 11.4 Å². The molecule has 0 heterocycles. The maximum Gasteiger partial charge on any atom is 0.366 e. The van der Waals surface area contributed by atoms with Gasteiger partial charge in [0.15, 0.2) is 0 Å². The average molecular weight is 349 g/mol. The lowest BCUT2D eigenvalue weighted by Gasteiger charge is -2.07. The van der Waals surface area contributed by atoms with Crippen molar-refractivity contribution in [3.8, 4) is 11.5 Å². The summed E-state index contributed by atoms with van der Waals surface area (Å²) in [5.41, 5.74) is 6.92. The lowest BCUT2D eigenvalue weighted by molar-refractivity contribution is 0.0514. The van der Waals surface area contributed by atoms with E-state index < -0.39 is 5.97 Å². The third kappa shape index (κ3) is 4.89. The van der Waals surface area contributed by atoms with Crippen molar-refractivity contribution in [1.82, 2.24) is 0 Å². The molecule has 7 heteroatoms. The van der Waals surface area contributed by atoms with Crippen molar-refractivity contribution >= 4 is 23.4 Å². The second-order valence-corrected chi connectivity index (χ2v) is 5.30. The summed E-state index contributed by atoms with van der Waals surface area (Å²) in [6.07, 6.45) is 0.339. The van der Waals surface area contributed by atoms with Crippen molar-refractivity contribution in [2.24, 2.45) is 10.9 Å². The Morgan fingerprint density at radius 3 is 2.21 bits per heavy atom. The quantitative estimate of drug-likeness (QED) is 0.375. The summed E-state index contributed by atoms with van der Waals surface area (Å²) in [6.45, 7) is 0. The first kappa shape index (κ1) is 17.6. The van der Waals surface area contributed by atoms with Gasteiger partial charge in [-0.3, -0.25) is 0 Å². The molecule has 24 heavy (non-hydrogen) atoms. The van der Waals surface area contributed by atoms with Crippen molar-refractivity contribution in [3.05, 3.63) is 58.6 Å². The van der Waals surface area contributed by atoms with Crippen LogP contribution in [0.1, 0.15) is 15.9 Å². The molecule has 0 amide bonds. The average Bonchev–Trinajstić information content (AvgIpc) is 2.61. The van der Waals surface area contributed by atoms with Crippen LogP contribution in [-0.4, -0.2) is 26.0 Å². The van der Waals surface area contributed by atoms with E-state index in [9.17, 15) is 4.79 Å². The van der Waals surface area contributed by atoms with Crippen LogP contribution in [0.25, 0.3) is 0 Å². The maximum absolute atomic E-state index is 12.1. The van der Waals surface area contributed by atoms with Crippen LogP contribution >= 0.6 is 11.6 Å². The number of nitrogens with zero attached hydrogens (tertiary/aromatic N) is 1. The van der Waals surface area contributed by atoms with E-state index in [4.69, 9.17) is 31.6 Å². The second kappa shape index (κ2) is 8.21. The zero-order valence-electron chi connectivity index (χ0n) is 13.3. The molecule has 0 saturated carbocycles. The molecule has 0 aliphatic rings. The van der Waals surface area contributed by atoms with Crippen LogP contribution in [-0.2, 0) is 11.3 Å². The zero-order chi connectivity index (χ0) is 17.5. The van der Waals surface area contributed by atoms with E-state index in [1.54, 1.807) is 18.2 Å². The first-order chi connectivity index (χ1) is 11.5. The van der Waals surface area contributed by atoms with Gasteiger partial charge in [-0.05, 0) is 29.8 Å². The number of carbonyl (C=O) groups is 1. The van der Waals surface area contributed by atoms with Crippen LogP contribution in [0.15, 0.2) is 47.6 Å². The highest BCUT2D eigenvalue weighted by atomic mass is 35.5. The third-order valence-corrected chi connectivity index (χ3v) is 3.38. The number of amidine groups is 1.